The summed E-state index contributed by atoms with van der Waals surface area (Å²) >= 11 is 0. The Kier molecular flexibility index (Phi) is 5.44. The van der Waals surface area contributed by atoms with Gasteiger partial charge in [0, 0.05) is 0 Å². The van der Waals surface area contributed by atoms with Crippen molar-refractivity contribution in [1.29, 1.82) is 0 Å². The maximum atomic E-state index is 11.7. The highest BCUT2D eigenvalue weighted by molar-refractivity contribution is 5.35. The lowest BCUT2D eigenvalue weighted by molar-refractivity contribution is -0.235. The van der Waals surface area contributed by atoms with Crippen molar-refractivity contribution in [3.05, 3.63) is 11.6 Å². The Balaban J connectivity index is 1.62. The van der Waals surface area contributed by atoms with Gasteiger partial charge in [0.2, 0.25) is 0 Å². The summed E-state index contributed by atoms with van der Waals surface area (Å²) in [5.41, 5.74) is 0.539. The molecule has 5 aliphatic rings. The molecule has 194 valence electrons. The van der Waals surface area contributed by atoms with Crippen LogP contribution in [0.3, 0.4) is 0 Å². The van der Waals surface area contributed by atoms with Gasteiger partial charge in [-0.1, -0.05) is 60.1 Å². The Morgan fingerprint density at radius 1 is 0.794 bits per heavy atom. The van der Waals surface area contributed by atoms with E-state index in [-0.39, 0.29) is 45.7 Å². The Hall–Kier alpha value is -0.420. The number of hydrogen-bond acceptors (Lipinski definition) is 4. The molecule has 5 aliphatic carbocycles. The summed E-state index contributed by atoms with van der Waals surface area (Å²) in [6, 6.07) is 0. The minimum Gasteiger partial charge on any atom is -0.396 e. The molecule has 0 aromatic heterocycles. The average molecular weight is 475 g/mol. The number of aliphatic hydroxyl groups excluding tert-OH is 4. The highest BCUT2D eigenvalue weighted by Gasteiger charge is 2.70. The highest BCUT2D eigenvalue weighted by Crippen LogP contribution is 2.75. The van der Waals surface area contributed by atoms with Gasteiger partial charge >= 0.3 is 0 Å². The first kappa shape index (κ1) is 25.2. The van der Waals surface area contributed by atoms with Gasteiger partial charge in [-0.15, -0.1) is 0 Å². The zero-order chi connectivity index (χ0) is 25.1. The van der Waals surface area contributed by atoms with Crippen LogP contribution >= 0.6 is 0 Å². The topological polar surface area (TPSA) is 80.9 Å². The third-order valence-corrected chi connectivity index (χ3v) is 13.1. The van der Waals surface area contributed by atoms with Crippen LogP contribution in [0.1, 0.15) is 99.8 Å². The van der Waals surface area contributed by atoms with E-state index in [1.807, 2.05) is 0 Å². The Morgan fingerprint density at radius 2 is 1.44 bits per heavy atom. The zero-order valence-electron chi connectivity index (χ0n) is 22.7. The van der Waals surface area contributed by atoms with Gasteiger partial charge < -0.3 is 20.4 Å². The van der Waals surface area contributed by atoms with E-state index in [2.05, 4.69) is 54.5 Å². The first-order valence-corrected chi connectivity index (χ1v) is 14.0. The molecule has 0 aliphatic heterocycles. The van der Waals surface area contributed by atoms with E-state index in [0.717, 1.165) is 38.5 Å². The van der Waals surface area contributed by atoms with Crippen molar-refractivity contribution >= 4 is 0 Å². The zero-order valence-corrected chi connectivity index (χ0v) is 22.7. The molecule has 10 atom stereocenters. The predicted octanol–water partition coefficient (Wildman–Crippen LogP) is 5.08. The second-order valence-corrected chi connectivity index (χ2v) is 15.3. The smallest absolute Gasteiger partial charge is 0.0657 e. The summed E-state index contributed by atoms with van der Waals surface area (Å²) in [6.45, 7) is 16.2. The maximum absolute atomic E-state index is 11.7. The molecule has 0 radical (unpaired) electrons. The van der Waals surface area contributed by atoms with Crippen molar-refractivity contribution < 1.29 is 20.4 Å². The van der Waals surface area contributed by atoms with Crippen LogP contribution in [0.5, 0.6) is 0 Å². The van der Waals surface area contributed by atoms with E-state index in [4.69, 9.17) is 0 Å². The predicted molar refractivity (Wildman–Crippen MR) is 135 cm³/mol. The lowest BCUT2D eigenvalue weighted by Crippen LogP contribution is -2.69. The van der Waals surface area contributed by atoms with Gasteiger partial charge in [-0.25, -0.2) is 0 Å². The molecule has 34 heavy (non-hydrogen) atoms. The van der Waals surface area contributed by atoms with E-state index in [9.17, 15) is 20.4 Å². The Labute approximate surface area is 207 Å². The van der Waals surface area contributed by atoms with Gasteiger partial charge in [-0.05, 0) is 96.2 Å². The molecule has 4 saturated carbocycles. The SMILES string of the molecule is CC1(C)CC(O)[C@]2(CO)C(O)CC3(C)C(=CCC4[C@@]5(C)CC[C@H](O)C(C)(C)C5CC[C@]43C)C2C1. The molecule has 0 aromatic carbocycles. The lowest BCUT2D eigenvalue weighted by Gasteiger charge is -2.72. The quantitative estimate of drug-likeness (QED) is 0.399. The Morgan fingerprint density at radius 3 is 2.09 bits per heavy atom. The fourth-order valence-corrected chi connectivity index (χ4v) is 10.9. The Bertz CT molecular complexity index is 877. The van der Waals surface area contributed by atoms with Crippen LogP contribution in [0.15, 0.2) is 11.6 Å². The lowest BCUT2D eigenvalue weighted by atomic mass is 9.33. The number of allylic oxidation sites excluding steroid dienone is 2. The number of rotatable bonds is 1. The van der Waals surface area contributed by atoms with Crippen molar-refractivity contribution in [2.75, 3.05) is 6.61 Å². The molecule has 0 aromatic rings. The number of hydrogen-bond donors (Lipinski definition) is 4. The van der Waals surface area contributed by atoms with Gasteiger partial charge in [-0.2, -0.15) is 0 Å². The normalized spacial score (nSPS) is 55.8. The summed E-state index contributed by atoms with van der Waals surface area (Å²) in [5, 5.41) is 44.6. The number of aliphatic hydroxyl groups is 4. The summed E-state index contributed by atoms with van der Waals surface area (Å²) in [6.07, 6.45) is 8.23. The first-order valence-electron chi connectivity index (χ1n) is 14.0. The van der Waals surface area contributed by atoms with Gasteiger partial charge in [-0.3, -0.25) is 0 Å². The molecule has 0 spiro atoms. The van der Waals surface area contributed by atoms with E-state index >= 15 is 0 Å². The van der Waals surface area contributed by atoms with Crippen LogP contribution in [0.4, 0.5) is 0 Å². The molecule has 4 heteroatoms. The van der Waals surface area contributed by atoms with Crippen molar-refractivity contribution in [2.45, 2.75) is 118 Å². The molecule has 5 rings (SSSR count). The first-order chi connectivity index (χ1) is 15.6. The van der Waals surface area contributed by atoms with Gasteiger partial charge in [0.1, 0.15) is 0 Å². The van der Waals surface area contributed by atoms with Gasteiger partial charge in [0.25, 0.3) is 0 Å². The fraction of sp³-hybridized carbons (Fsp3) is 0.933. The van der Waals surface area contributed by atoms with Crippen LogP contribution in [0, 0.1) is 50.2 Å². The van der Waals surface area contributed by atoms with Crippen molar-refractivity contribution in [3.63, 3.8) is 0 Å². The fourth-order valence-electron chi connectivity index (χ4n) is 10.9. The summed E-state index contributed by atoms with van der Waals surface area (Å²) in [4.78, 5) is 0. The molecule has 4 nitrogen and oxygen atoms in total. The van der Waals surface area contributed by atoms with Crippen LogP contribution in [-0.4, -0.2) is 45.3 Å². The van der Waals surface area contributed by atoms with Crippen LogP contribution in [0.2, 0.25) is 0 Å². The van der Waals surface area contributed by atoms with E-state index in [1.54, 1.807) is 0 Å². The minimum absolute atomic E-state index is 0.0120. The molecule has 6 unspecified atom stereocenters. The maximum Gasteiger partial charge on any atom is 0.0657 e. The summed E-state index contributed by atoms with van der Waals surface area (Å²) < 4.78 is 0. The average Bonchev–Trinajstić information content (AvgIpc) is 2.71. The molecule has 4 N–H and O–H groups in total. The molecule has 0 amide bonds. The third kappa shape index (κ3) is 2.86. The van der Waals surface area contributed by atoms with Crippen LogP contribution in [0.25, 0.3) is 0 Å². The number of fused-ring (bicyclic) bond motifs is 7. The van der Waals surface area contributed by atoms with Crippen LogP contribution < -0.4 is 0 Å². The molecule has 4 fully saturated rings. The largest absolute Gasteiger partial charge is 0.396 e. The summed E-state index contributed by atoms with van der Waals surface area (Å²) in [5.74, 6) is 1.02. The van der Waals surface area contributed by atoms with Gasteiger partial charge in [0.15, 0.2) is 0 Å². The van der Waals surface area contributed by atoms with Crippen molar-refractivity contribution in [3.8, 4) is 0 Å². The van der Waals surface area contributed by atoms with E-state index in [1.165, 1.54) is 5.57 Å². The minimum atomic E-state index is -0.845. The van der Waals surface area contributed by atoms with Crippen molar-refractivity contribution in [1.82, 2.24) is 0 Å². The third-order valence-electron chi connectivity index (χ3n) is 13.1. The summed E-state index contributed by atoms with van der Waals surface area (Å²) in [7, 11) is 0. The molecule has 0 bridgehead atoms. The second kappa shape index (κ2) is 7.33. The molecular formula is C30H50O4. The highest BCUT2D eigenvalue weighted by atomic mass is 16.3. The monoisotopic (exact) mass is 474 g/mol. The molecule has 0 saturated heterocycles. The molecular weight excluding hydrogens is 424 g/mol. The van der Waals surface area contributed by atoms with Gasteiger partial charge in [0.05, 0.1) is 30.3 Å². The standard InChI is InChI=1S/C30H50O4/c1-25(2)14-19-18-8-9-21-27(5)12-11-22(32)26(3,4)20(27)10-13-28(21,6)29(18,7)16-24(34)30(19,17-31)23(33)15-25/h8,19-24,31-34H,9-17H2,1-7H3/t19?,20?,21?,22-,23?,24?,27-,28+,29?,30+/m0/s1. The second-order valence-electron chi connectivity index (χ2n) is 15.3. The van der Waals surface area contributed by atoms with E-state index in [0.29, 0.717) is 24.7 Å². The molecule has 0 heterocycles. The van der Waals surface area contributed by atoms with Crippen LogP contribution in [-0.2, 0) is 0 Å². The van der Waals surface area contributed by atoms with Crippen molar-refractivity contribution in [2.24, 2.45) is 50.2 Å². The van der Waals surface area contributed by atoms with E-state index < -0.39 is 17.6 Å².